The molecule has 6 rings (SSSR count). The van der Waals surface area contributed by atoms with Gasteiger partial charge in [0, 0.05) is 40.8 Å². The summed E-state index contributed by atoms with van der Waals surface area (Å²) in [5.41, 5.74) is 9.89. The molecule has 0 fully saturated rings. The number of nitrogens with two attached hydrogens (primary N) is 1. The van der Waals surface area contributed by atoms with E-state index in [0.717, 1.165) is 33.2 Å². The Balaban J connectivity index is 1.47. The van der Waals surface area contributed by atoms with E-state index in [1.165, 1.54) is 0 Å². The summed E-state index contributed by atoms with van der Waals surface area (Å²) in [7, 11) is 0. The third kappa shape index (κ3) is 5.21. The Kier molecular flexibility index (Phi) is 6.64. The van der Waals surface area contributed by atoms with Crippen molar-refractivity contribution in [2.45, 2.75) is 23.9 Å². The third-order valence-corrected chi connectivity index (χ3v) is 6.52. The highest BCUT2D eigenvalue weighted by Crippen LogP contribution is 2.27. The van der Waals surface area contributed by atoms with E-state index in [1.54, 1.807) is 24.4 Å². The molecule has 5 N–H and O–H groups in total. The van der Waals surface area contributed by atoms with Gasteiger partial charge in [0.25, 0.3) is 0 Å². The molecule has 0 unspecified atom stereocenters. The highest BCUT2D eigenvalue weighted by Gasteiger charge is 2.21. The van der Waals surface area contributed by atoms with Crippen LogP contribution in [0, 0.1) is 0 Å². The minimum Gasteiger partial charge on any atom is -0.449 e. The van der Waals surface area contributed by atoms with E-state index in [9.17, 15) is 9.59 Å². The lowest BCUT2D eigenvalue weighted by molar-refractivity contribution is -0.122. The summed E-state index contributed by atoms with van der Waals surface area (Å²) in [5, 5.41) is 10.9. The Morgan fingerprint density at radius 2 is 1.86 bits per heavy atom. The van der Waals surface area contributed by atoms with Crippen molar-refractivity contribution in [1.29, 1.82) is 0 Å². The van der Waals surface area contributed by atoms with E-state index in [4.69, 9.17) is 10.5 Å². The molecule has 2 aliphatic rings. The van der Waals surface area contributed by atoms with Gasteiger partial charge in [-0.2, -0.15) is 0 Å². The van der Waals surface area contributed by atoms with Gasteiger partial charge in [0.1, 0.15) is 11.9 Å². The largest absolute Gasteiger partial charge is 0.449 e. The van der Waals surface area contributed by atoms with Crippen molar-refractivity contribution in [2.75, 3.05) is 23.0 Å². The molecule has 3 aromatic carbocycles. The normalized spacial score (nSPS) is 16.2. The van der Waals surface area contributed by atoms with Gasteiger partial charge in [0.2, 0.25) is 5.91 Å². The zero-order valence-electron chi connectivity index (χ0n) is 19.3. The number of thiol groups is 1. The van der Waals surface area contributed by atoms with Crippen LogP contribution in [-0.2, 0) is 22.5 Å². The highest BCUT2D eigenvalue weighted by molar-refractivity contribution is 7.80. The SMILES string of the molecule is Nc1nccc2cc(N[C@H]3C(=O)NCc4cc(ccc4S)NC(=O)OCCc4ccc3cc4)ccc12. The molecule has 1 aromatic heterocycles. The molecule has 0 radical (unpaired) electrons. The second kappa shape index (κ2) is 10.2. The van der Waals surface area contributed by atoms with E-state index < -0.39 is 12.1 Å². The van der Waals surface area contributed by atoms with Crippen molar-refractivity contribution >= 4 is 52.6 Å². The average Bonchev–Trinajstić information content (AvgIpc) is 2.87. The van der Waals surface area contributed by atoms with Crippen LogP contribution in [0.2, 0.25) is 0 Å². The summed E-state index contributed by atoms with van der Waals surface area (Å²) in [6.07, 6.45) is 1.69. The van der Waals surface area contributed by atoms with Crippen LogP contribution in [0.1, 0.15) is 22.7 Å². The number of ether oxygens (including phenoxy) is 1. The van der Waals surface area contributed by atoms with Crippen LogP contribution < -0.4 is 21.7 Å². The minimum atomic E-state index is -0.647. The number of nitrogens with one attached hydrogen (secondary N) is 3. The maximum Gasteiger partial charge on any atom is 0.411 e. The van der Waals surface area contributed by atoms with Gasteiger partial charge in [-0.05, 0) is 64.5 Å². The lowest BCUT2D eigenvalue weighted by atomic mass is 10.0. The first kappa shape index (κ1) is 23.5. The monoisotopic (exact) mass is 499 g/mol. The number of pyridine rings is 1. The number of carbonyl (C=O) groups excluding carboxylic acids is 2. The molecule has 0 saturated heterocycles. The molecule has 8 nitrogen and oxygen atoms in total. The van der Waals surface area contributed by atoms with E-state index in [0.29, 0.717) is 22.8 Å². The number of amides is 2. The fourth-order valence-corrected chi connectivity index (χ4v) is 4.36. The molecule has 2 amide bonds. The van der Waals surface area contributed by atoms with Crippen LogP contribution in [0.4, 0.5) is 22.0 Å². The van der Waals surface area contributed by atoms with Crippen molar-refractivity contribution in [3.8, 4) is 0 Å². The zero-order valence-corrected chi connectivity index (χ0v) is 20.2. The maximum atomic E-state index is 13.5. The van der Waals surface area contributed by atoms with Crippen LogP contribution in [0.3, 0.4) is 0 Å². The predicted molar refractivity (Wildman–Crippen MR) is 143 cm³/mol. The number of anilines is 3. The summed E-state index contributed by atoms with van der Waals surface area (Å²) in [6.45, 7) is 0.471. The number of rotatable bonds is 2. The second-order valence-corrected chi connectivity index (χ2v) is 9.01. The zero-order chi connectivity index (χ0) is 25.1. The molecule has 2 aliphatic heterocycles. The summed E-state index contributed by atoms with van der Waals surface area (Å²) >= 11 is 4.51. The Morgan fingerprint density at radius 3 is 2.69 bits per heavy atom. The van der Waals surface area contributed by atoms with Crippen LogP contribution in [0.25, 0.3) is 10.8 Å². The summed E-state index contributed by atoms with van der Waals surface area (Å²) in [6, 6.07) is 19.9. The Bertz CT molecular complexity index is 1440. The number of benzene rings is 3. The molecule has 3 heterocycles. The van der Waals surface area contributed by atoms with Gasteiger partial charge in [-0.3, -0.25) is 10.1 Å². The lowest BCUT2D eigenvalue weighted by Crippen LogP contribution is -2.33. The van der Waals surface area contributed by atoms with Crippen LogP contribution in [-0.4, -0.2) is 23.6 Å². The number of hydrogen-bond donors (Lipinski definition) is 5. The fourth-order valence-electron chi connectivity index (χ4n) is 4.14. The summed E-state index contributed by atoms with van der Waals surface area (Å²) in [5.74, 6) is 0.261. The van der Waals surface area contributed by atoms with E-state index in [2.05, 4.69) is 33.6 Å². The smallest absolute Gasteiger partial charge is 0.411 e. The van der Waals surface area contributed by atoms with E-state index in [1.807, 2.05) is 48.5 Å². The predicted octanol–water partition coefficient (Wildman–Crippen LogP) is 4.68. The Hall–Kier alpha value is -4.24. The topological polar surface area (TPSA) is 118 Å². The quantitative estimate of drug-likeness (QED) is 0.256. The number of fused-ring (bicyclic) bond motifs is 10. The second-order valence-electron chi connectivity index (χ2n) is 8.52. The van der Waals surface area contributed by atoms with Crippen LogP contribution in [0.15, 0.2) is 77.8 Å². The van der Waals surface area contributed by atoms with Crippen LogP contribution in [0.5, 0.6) is 0 Å². The molecule has 182 valence electrons. The minimum absolute atomic E-state index is 0.199. The molecule has 36 heavy (non-hydrogen) atoms. The number of nitrogen functional groups attached to an aromatic ring is 1. The van der Waals surface area contributed by atoms with Gasteiger partial charge in [-0.15, -0.1) is 12.6 Å². The molecule has 4 aromatic rings. The fraction of sp³-hybridized carbons (Fsp3) is 0.148. The number of carbonyl (C=O) groups is 2. The number of nitrogens with zero attached hydrogens (tertiary/aromatic N) is 1. The van der Waals surface area contributed by atoms with E-state index in [-0.39, 0.29) is 19.1 Å². The van der Waals surface area contributed by atoms with Crippen molar-refractivity contribution in [2.24, 2.45) is 0 Å². The van der Waals surface area contributed by atoms with Gasteiger partial charge in [-0.1, -0.05) is 24.3 Å². The Morgan fingerprint density at radius 1 is 1.03 bits per heavy atom. The van der Waals surface area contributed by atoms with Gasteiger partial charge >= 0.3 is 6.09 Å². The standard InChI is InChI=1S/C27H25N5O3S/c28-25-22-7-5-20(13-18(22)9-11-29-25)31-24-17-3-1-16(2-4-17)10-12-35-27(34)32-21-6-8-23(36)19(14-21)15-30-26(24)33/h1-9,11,13-14,24,31,36H,10,12,15H2,(H2,28,29)(H,30,33)(H,32,34)/t24-/m1/s1. The first-order chi connectivity index (χ1) is 17.5. The molecule has 0 saturated carbocycles. The highest BCUT2D eigenvalue weighted by atomic mass is 32.1. The molecule has 0 spiro atoms. The summed E-state index contributed by atoms with van der Waals surface area (Å²) in [4.78, 5) is 30.4. The van der Waals surface area contributed by atoms with Gasteiger partial charge < -0.3 is 21.1 Å². The van der Waals surface area contributed by atoms with Gasteiger partial charge in [0.05, 0.1) is 6.61 Å². The first-order valence-electron chi connectivity index (χ1n) is 11.5. The van der Waals surface area contributed by atoms with Crippen molar-refractivity contribution in [3.05, 3.63) is 89.6 Å². The maximum absolute atomic E-state index is 13.5. The van der Waals surface area contributed by atoms with Gasteiger partial charge in [-0.25, -0.2) is 9.78 Å². The van der Waals surface area contributed by atoms with E-state index >= 15 is 0 Å². The number of hydrogen-bond acceptors (Lipinski definition) is 7. The summed E-state index contributed by atoms with van der Waals surface area (Å²) < 4.78 is 5.32. The van der Waals surface area contributed by atoms with Gasteiger partial charge in [0.15, 0.2) is 0 Å². The first-order valence-corrected chi connectivity index (χ1v) is 11.9. The molecule has 4 bridgehead atoms. The van der Waals surface area contributed by atoms with Crippen molar-refractivity contribution in [3.63, 3.8) is 0 Å². The molecular weight excluding hydrogens is 474 g/mol. The van der Waals surface area contributed by atoms with Crippen molar-refractivity contribution in [1.82, 2.24) is 10.3 Å². The van der Waals surface area contributed by atoms with Crippen molar-refractivity contribution < 1.29 is 14.3 Å². The average molecular weight is 500 g/mol. The Labute approximate surface area is 213 Å². The molecule has 9 heteroatoms. The number of aromatic nitrogens is 1. The lowest BCUT2D eigenvalue weighted by Gasteiger charge is -2.21. The molecule has 1 atom stereocenters. The van der Waals surface area contributed by atoms with Crippen LogP contribution >= 0.6 is 12.6 Å². The molecule has 0 aliphatic carbocycles. The molecular formula is C27H25N5O3S. The third-order valence-electron chi connectivity index (χ3n) is 6.08.